The van der Waals surface area contributed by atoms with Crippen molar-refractivity contribution in [3.05, 3.63) is 82.4 Å². The fraction of sp³-hybridized carbons (Fsp3) is 0.0556. The van der Waals surface area contributed by atoms with E-state index in [0.29, 0.717) is 6.42 Å². The Morgan fingerprint density at radius 1 is 1.17 bits per heavy atom. The van der Waals surface area contributed by atoms with E-state index < -0.39 is 4.92 Å². The standard InChI is InChI=1S/C18H13N3O3/c22-21(23)16-3-1-2-13(11-16)17-10-12(9-15-4-6-19-20-15)8-14-5-7-24-18(14)17/h1-8,10-11H,9H2,(H,19,20). The molecule has 0 aliphatic carbocycles. The number of non-ortho nitro benzene ring substituents is 1. The molecule has 4 rings (SSSR count). The molecule has 0 bridgehead atoms. The van der Waals surface area contributed by atoms with Crippen LogP contribution < -0.4 is 0 Å². The second kappa shape index (κ2) is 5.66. The summed E-state index contributed by atoms with van der Waals surface area (Å²) in [7, 11) is 0. The number of fused-ring (bicyclic) bond motifs is 1. The van der Waals surface area contributed by atoms with Crippen molar-refractivity contribution in [1.82, 2.24) is 10.2 Å². The second-order valence-corrected chi connectivity index (χ2v) is 5.55. The number of rotatable bonds is 4. The molecule has 0 aliphatic rings. The Labute approximate surface area is 136 Å². The fourth-order valence-corrected chi connectivity index (χ4v) is 2.85. The van der Waals surface area contributed by atoms with E-state index in [2.05, 4.69) is 16.3 Å². The van der Waals surface area contributed by atoms with Crippen molar-refractivity contribution < 1.29 is 9.34 Å². The van der Waals surface area contributed by atoms with Crippen LogP contribution in [-0.4, -0.2) is 15.1 Å². The van der Waals surface area contributed by atoms with Gasteiger partial charge in [0.05, 0.1) is 11.2 Å². The molecule has 2 aromatic carbocycles. The maximum Gasteiger partial charge on any atom is 0.270 e. The van der Waals surface area contributed by atoms with Crippen molar-refractivity contribution >= 4 is 16.7 Å². The van der Waals surface area contributed by atoms with Crippen LogP contribution in [0.3, 0.4) is 0 Å². The first kappa shape index (κ1) is 14.2. The minimum absolute atomic E-state index is 0.0613. The van der Waals surface area contributed by atoms with Crippen molar-refractivity contribution in [2.75, 3.05) is 0 Å². The maximum atomic E-state index is 11.0. The number of hydrogen-bond donors (Lipinski definition) is 1. The highest BCUT2D eigenvalue weighted by atomic mass is 16.6. The number of nitro benzene ring substituents is 1. The molecule has 2 heterocycles. The molecule has 0 radical (unpaired) electrons. The largest absolute Gasteiger partial charge is 0.464 e. The lowest BCUT2D eigenvalue weighted by molar-refractivity contribution is -0.384. The summed E-state index contributed by atoms with van der Waals surface area (Å²) in [6.45, 7) is 0. The summed E-state index contributed by atoms with van der Waals surface area (Å²) in [4.78, 5) is 10.7. The summed E-state index contributed by atoms with van der Waals surface area (Å²) in [5.74, 6) is 0. The van der Waals surface area contributed by atoms with Crippen LogP contribution in [0, 0.1) is 10.1 Å². The van der Waals surface area contributed by atoms with Gasteiger partial charge in [-0.2, -0.15) is 5.10 Å². The Balaban J connectivity index is 1.86. The molecule has 0 fully saturated rings. The Morgan fingerprint density at radius 2 is 2.08 bits per heavy atom. The average Bonchev–Trinajstić information content (AvgIpc) is 3.25. The molecule has 1 N–H and O–H groups in total. The van der Waals surface area contributed by atoms with Crippen molar-refractivity contribution in [3.8, 4) is 11.1 Å². The Kier molecular flexibility index (Phi) is 3.35. The molecular weight excluding hydrogens is 306 g/mol. The number of furan rings is 1. The normalized spacial score (nSPS) is 11.0. The number of hydrogen-bond acceptors (Lipinski definition) is 4. The average molecular weight is 319 g/mol. The number of nitrogens with one attached hydrogen (secondary N) is 1. The summed E-state index contributed by atoms with van der Waals surface area (Å²) in [5, 5.41) is 18.9. The van der Waals surface area contributed by atoms with E-state index in [-0.39, 0.29) is 5.69 Å². The molecule has 0 aliphatic heterocycles. The predicted octanol–water partition coefficient (Wildman–Crippen LogP) is 4.32. The molecule has 4 aromatic rings. The van der Waals surface area contributed by atoms with Gasteiger partial charge in [0.2, 0.25) is 0 Å². The zero-order valence-corrected chi connectivity index (χ0v) is 12.6. The fourth-order valence-electron chi connectivity index (χ4n) is 2.85. The zero-order chi connectivity index (χ0) is 16.5. The van der Waals surface area contributed by atoms with Gasteiger partial charge in [-0.1, -0.05) is 12.1 Å². The molecule has 0 spiro atoms. The van der Waals surface area contributed by atoms with E-state index in [4.69, 9.17) is 4.42 Å². The summed E-state index contributed by atoms with van der Waals surface area (Å²) >= 11 is 0. The molecule has 6 nitrogen and oxygen atoms in total. The van der Waals surface area contributed by atoms with Crippen molar-refractivity contribution in [3.63, 3.8) is 0 Å². The highest BCUT2D eigenvalue weighted by Gasteiger charge is 2.13. The zero-order valence-electron chi connectivity index (χ0n) is 12.6. The van der Waals surface area contributed by atoms with E-state index in [1.165, 1.54) is 6.07 Å². The Hall–Kier alpha value is -3.41. The topological polar surface area (TPSA) is 85.0 Å². The van der Waals surface area contributed by atoms with Gasteiger partial charge >= 0.3 is 0 Å². The molecule has 2 aromatic heterocycles. The molecule has 118 valence electrons. The number of nitrogens with zero attached hydrogens (tertiary/aromatic N) is 2. The van der Waals surface area contributed by atoms with Crippen LogP contribution >= 0.6 is 0 Å². The van der Waals surface area contributed by atoms with Gasteiger partial charge in [0.1, 0.15) is 5.58 Å². The van der Waals surface area contributed by atoms with Crippen LogP contribution in [0.2, 0.25) is 0 Å². The Morgan fingerprint density at radius 3 is 2.88 bits per heavy atom. The minimum Gasteiger partial charge on any atom is -0.464 e. The first-order chi connectivity index (χ1) is 11.7. The minimum atomic E-state index is -0.392. The van der Waals surface area contributed by atoms with E-state index >= 15 is 0 Å². The van der Waals surface area contributed by atoms with Gasteiger partial charge in [0.15, 0.2) is 0 Å². The van der Waals surface area contributed by atoms with Crippen LogP contribution in [-0.2, 0) is 6.42 Å². The van der Waals surface area contributed by atoms with Crippen molar-refractivity contribution in [2.45, 2.75) is 6.42 Å². The maximum absolute atomic E-state index is 11.0. The monoisotopic (exact) mass is 319 g/mol. The van der Waals surface area contributed by atoms with Gasteiger partial charge in [0.25, 0.3) is 5.69 Å². The molecular formula is C18H13N3O3. The highest BCUT2D eigenvalue weighted by molar-refractivity contribution is 5.93. The number of nitro groups is 1. The summed E-state index contributed by atoms with van der Waals surface area (Å²) in [6.07, 6.45) is 4.04. The SMILES string of the molecule is O=[N+]([O-])c1cccc(-c2cc(Cc3ccn[nH]3)cc3ccoc23)c1. The van der Waals surface area contributed by atoms with Crippen LogP contribution in [0.25, 0.3) is 22.1 Å². The predicted molar refractivity (Wildman–Crippen MR) is 89.7 cm³/mol. The third kappa shape index (κ3) is 2.54. The number of aromatic nitrogens is 2. The first-order valence-corrected chi connectivity index (χ1v) is 7.44. The van der Waals surface area contributed by atoms with Crippen LogP contribution in [0.4, 0.5) is 5.69 Å². The molecule has 0 unspecified atom stereocenters. The first-order valence-electron chi connectivity index (χ1n) is 7.44. The van der Waals surface area contributed by atoms with Gasteiger partial charge in [-0.15, -0.1) is 0 Å². The third-order valence-electron chi connectivity index (χ3n) is 3.93. The van der Waals surface area contributed by atoms with Gasteiger partial charge in [0, 0.05) is 41.4 Å². The van der Waals surface area contributed by atoms with Crippen LogP contribution in [0.5, 0.6) is 0 Å². The number of H-pyrrole nitrogens is 1. The van der Waals surface area contributed by atoms with Crippen LogP contribution in [0.15, 0.2) is 65.4 Å². The smallest absolute Gasteiger partial charge is 0.270 e. The van der Waals surface area contributed by atoms with E-state index in [0.717, 1.165) is 33.4 Å². The second-order valence-electron chi connectivity index (χ2n) is 5.55. The summed E-state index contributed by atoms with van der Waals surface area (Å²) in [6, 6.07) is 14.5. The molecule has 0 atom stereocenters. The molecule has 0 saturated carbocycles. The van der Waals surface area contributed by atoms with Gasteiger partial charge in [-0.3, -0.25) is 15.2 Å². The lowest BCUT2D eigenvalue weighted by Gasteiger charge is -2.07. The molecule has 0 saturated heterocycles. The van der Waals surface area contributed by atoms with Gasteiger partial charge in [-0.05, 0) is 35.4 Å². The van der Waals surface area contributed by atoms with Gasteiger partial charge < -0.3 is 4.42 Å². The van der Waals surface area contributed by atoms with Gasteiger partial charge in [-0.25, -0.2) is 0 Å². The lowest BCUT2D eigenvalue weighted by atomic mass is 9.98. The number of benzene rings is 2. The number of aromatic amines is 1. The lowest BCUT2D eigenvalue weighted by Crippen LogP contribution is -1.92. The van der Waals surface area contributed by atoms with E-state index in [1.54, 1.807) is 24.6 Å². The molecule has 6 heteroatoms. The van der Waals surface area contributed by atoms with Crippen molar-refractivity contribution in [2.24, 2.45) is 0 Å². The Bertz CT molecular complexity index is 1020. The quantitative estimate of drug-likeness (QED) is 0.448. The molecule has 0 amide bonds. The molecule has 24 heavy (non-hydrogen) atoms. The summed E-state index contributed by atoms with van der Waals surface area (Å²) < 4.78 is 5.60. The van der Waals surface area contributed by atoms with Crippen molar-refractivity contribution in [1.29, 1.82) is 0 Å². The van der Waals surface area contributed by atoms with Crippen LogP contribution in [0.1, 0.15) is 11.3 Å². The third-order valence-corrected chi connectivity index (χ3v) is 3.93. The van der Waals surface area contributed by atoms with E-state index in [9.17, 15) is 10.1 Å². The van der Waals surface area contributed by atoms with E-state index in [1.807, 2.05) is 24.3 Å². The highest BCUT2D eigenvalue weighted by Crippen LogP contribution is 2.33. The summed E-state index contributed by atoms with van der Waals surface area (Å²) in [5.41, 5.74) is 4.47.